The van der Waals surface area contributed by atoms with Crippen LogP contribution in [0.5, 0.6) is 0 Å². The molecule has 156 valence electrons. The first-order valence-corrected chi connectivity index (χ1v) is 10.7. The third-order valence-corrected chi connectivity index (χ3v) is 6.22. The molecular formula is C25H24N4O2. The Labute approximate surface area is 180 Å². The first kappa shape index (κ1) is 19.3. The maximum Gasteiger partial charge on any atom is 0.350 e. The molecule has 1 aliphatic carbocycles. The predicted molar refractivity (Wildman–Crippen MR) is 120 cm³/mol. The van der Waals surface area contributed by atoms with Gasteiger partial charge in [-0.2, -0.15) is 0 Å². The van der Waals surface area contributed by atoms with E-state index in [4.69, 9.17) is 0 Å². The van der Waals surface area contributed by atoms with Crippen molar-refractivity contribution in [1.29, 1.82) is 0 Å². The number of anilines is 1. The van der Waals surface area contributed by atoms with E-state index in [1.165, 1.54) is 9.08 Å². The predicted octanol–water partition coefficient (Wildman–Crippen LogP) is 3.99. The van der Waals surface area contributed by atoms with Gasteiger partial charge in [-0.05, 0) is 48.2 Å². The third kappa shape index (κ3) is 3.54. The van der Waals surface area contributed by atoms with Gasteiger partial charge in [-0.15, -0.1) is 5.10 Å². The van der Waals surface area contributed by atoms with Gasteiger partial charge in [0.1, 0.15) is 0 Å². The Morgan fingerprint density at radius 1 is 0.968 bits per heavy atom. The van der Waals surface area contributed by atoms with E-state index in [0.29, 0.717) is 12.2 Å². The van der Waals surface area contributed by atoms with Gasteiger partial charge in [0.05, 0.1) is 12.0 Å². The zero-order chi connectivity index (χ0) is 21.3. The van der Waals surface area contributed by atoms with Gasteiger partial charge >= 0.3 is 5.69 Å². The Morgan fingerprint density at radius 2 is 1.74 bits per heavy atom. The van der Waals surface area contributed by atoms with Crippen molar-refractivity contribution < 1.29 is 4.79 Å². The van der Waals surface area contributed by atoms with Gasteiger partial charge in [0.15, 0.2) is 5.65 Å². The Kier molecular flexibility index (Phi) is 4.90. The summed E-state index contributed by atoms with van der Waals surface area (Å²) in [5, 5.41) is 7.53. The SMILES string of the molecule is O=C(Nc1cccc(Cn2nc3ccccn3c2=O)c1)C1(c2ccccc2)CCCC1. The van der Waals surface area contributed by atoms with Gasteiger partial charge in [-0.25, -0.2) is 9.48 Å². The van der Waals surface area contributed by atoms with Crippen LogP contribution in [-0.2, 0) is 16.8 Å². The van der Waals surface area contributed by atoms with E-state index in [1.807, 2.05) is 54.6 Å². The minimum Gasteiger partial charge on any atom is -0.325 e. The maximum absolute atomic E-state index is 13.4. The second kappa shape index (κ2) is 7.87. The van der Waals surface area contributed by atoms with Crippen LogP contribution in [0, 0.1) is 0 Å². The number of hydrogen-bond acceptors (Lipinski definition) is 3. The number of amides is 1. The first-order valence-electron chi connectivity index (χ1n) is 10.7. The molecule has 6 heteroatoms. The van der Waals surface area contributed by atoms with Crippen LogP contribution >= 0.6 is 0 Å². The quantitative estimate of drug-likeness (QED) is 0.539. The molecule has 0 saturated heterocycles. The highest BCUT2D eigenvalue weighted by Gasteiger charge is 2.42. The normalized spacial score (nSPS) is 15.2. The lowest BCUT2D eigenvalue weighted by molar-refractivity contribution is -0.121. The van der Waals surface area contributed by atoms with Gasteiger partial charge in [0.2, 0.25) is 5.91 Å². The molecule has 0 unspecified atom stereocenters. The van der Waals surface area contributed by atoms with E-state index in [1.54, 1.807) is 12.3 Å². The van der Waals surface area contributed by atoms with Gasteiger partial charge in [0.25, 0.3) is 0 Å². The van der Waals surface area contributed by atoms with E-state index in [0.717, 1.165) is 42.5 Å². The average molecular weight is 412 g/mol. The Morgan fingerprint density at radius 3 is 2.52 bits per heavy atom. The summed E-state index contributed by atoms with van der Waals surface area (Å²) in [6.07, 6.45) is 5.54. The summed E-state index contributed by atoms with van der Waals surface area (Å²) in [4.78, 5) is 26.0. The van der Waals surface area contributed by atoms with Crippen molar-refractivity contribution in [1.82, 2.24) is 14.2 Å². The van der Waals surface area contributed by atoms with E-state index in [-0.39, 0.29) is 11.6 Å². The molecule has 5 rings (SSSR count). The number of hydrogen-bond donors (Lipinski definition) is 1. The van der Waals surface area contributed by atoms with Crippen LogP contribution in [-0.4, -0.2) is 20.1 Å². The van der Waals surface area contributed by atoms with Crippen LogP contribution in [0.4, 0.5) is 5.69 Å². The number of aromatic nitrogens is 3. The van der Waals surface area contributed by atoms with E-state index < -0.39 is 5.41 Å². The summed E-state index contributed by atoms with van der Waals surface area (Å²) in [5.41, 5.74) is 2.68. The number of nitrogens with one attached hydrogen (secondary N) is 1. The third-order valence-electron chi connectivity index (χ3n) is 6.22. The molecule has 1 aliphatic rings. The average Bonchev–Trinajstić information content (AvgIpc) is 3.41. The van der Waals surface area contributed by atoms with E-state index in [2.05, 4.69) is 22.5 Å². The summed E-state index contributed by atoms with van der Waals surface area (Å²) in [6, 6.07) is 23.2. The van der Waals surface area contributed by atoms with Crippen molar-refractivity contribution in [2.24, 2.45) is 0 Å². The summed E-state index contributed by atoms with van der Waals surface area (Å²) in [7, 11) is 0. The number of carbonyl (C=O) groups excluding carboxylic acids is 1. The zero-order valence-electron chi connectivity index (χ0n) is 17.2. The second-order valence-corrected chi connectivity index (χ2v) is 8.18. The summed E-state index contributed by atoms with van der Waals surface area (Å²) < 4.78 is 2.97. The molecule has 1 fully saturated rings. The molecule has 4 aromatic rings. The molecule has 2 heterocycles. The Hall–Kier alpha value is -3.67. The van der Waals surface area contributed by atoms with Crippen molar-refractivity contribution in [3.05, 3.63) is 101 Å². The number of fused-ring (bicyclic) bond motifs is 1. The molecule has 0 bridgehead atoms. The molecule has 0 radical (unpaired) electrons. The molecule has 6 nitrogen and oxygen atoms in total. The standard InChI is InChI=1S/C25H24N4O2/c30-23(25(14-5-6-15-25)20-10-2-1-3-11-20)26-21-12-8-9-19(17-21)18-29-24(31)28-16-7-4-13-22(28)27-29/h1-4,7-13,16-17H,5-6,14-15,18H2,(H,26,30). The highest BCUT2D eigenvalue weighted by molar-refractivity contribution is 5.99. The molecule has 0 spiro atoms. The van der Waals surface area contributed by atoms with Gasteiger partial charge in [-0.1, -0.05) is 61.4 Å². The van der Waals surface area contributed by atoms with Crippen LogP contribution in [0.15, 0.2) is 83.8 Å². The fourth-order valence-corrected chi connectivity index (χ4v) is 4.62. The molecule has 31 heavy (non-hydrogen) atoms. The van der Waals surface area contributed by atoms with E-state index in [9.17, 15) is 9.59 Å². The molecule has 1 amide bonds. The first-order chi connectivity index (χ1) is 15.2. The van der Waals surface area contributed by atoms with Crippen LogP contribution in [0.25, 0.3) is 5.65 Å². The smallest absolute Gasteiger partial charge is 0.325 e. The fraction of sp³-hybridized carbons (Fsp3) is 0.240. The maximum atomic E-state index is 13.4. The Bertz CT molecular complexity index is 1280. The summed E-state index contributed by atoms with van der Waals surface area (Å²) in [6.45, 7) is 0.341. The molecule has 0 atom stereocenters. The number of carbonyl (C=O) groups is 1. The number of pyridine rings is 1. The van der Waals surface area contributed by atoms with Gasteiger partial charge in [0, 0.05) is 11.9 Å². The number of rotatable bonds is 5. The molecule has 2 aromatic heterocycles. The highest BCUT2D eigenvalue weighted by atomic mass is 16.2. The number of benzene rings is 2. The largest absolute Gasteiger partial charge is 0.350 e. The summed E-state index contributed by atoms with van der Waals surface area (Å²) in [5.74, 6) is 0.0400. The van der Waals surface area contributed by atoms with Crippen molar-refractivity contribution in [3.63, 3.8) is 0 Å². The van der Waals surface area contributed by atoms with Crippen molar-refractivity contribution >= 4 is 17.2 Å². The highest BCUT2D eigenvalue weighted by Crippen LogP contribution is 2.42. The number of nitrogens with zero attached hydrogens (tertiary/aromatic N) is 3. The van der Waals surface area contributed by atoms with Crippen LogP contribution in [0.1, 0.15) is 36.8 Å². The van der Waals surface area contributed by atoms with Crippen molar-refractivity contribution in [3.8, 4) is 0 Å². The van der Waals surface area contributed by atoms with E-state index >= 15 is 0 Å². The van der Waals surface area contributed by atoms with Crippen LogP contribution in [0.3, 0.4) is 0 Å². The van der Waals surface area contributed by atoms with Gasteiger partial charge < -0.3 is 5.32 Å². The lowest BCUT2D eigenvalue weighted by Gasteiger charge is -2.28. The lowest BCUT2D eigenvalue weighted by Crippen LogP contribution is -2.38. The molecule has 0 aliphatic heterocycles. The second-order valence-electron chi connectivity index (χ2n) is 8.18. The minimum atomic E-state index is -0.476. The van der Waals surface area contributed by atoms with Crippen LogP contribution < -0.4 is 11.0 Å². The molecular weight excluding hydrogens is 388 g/mol. The minimum absolute atomic E-state index is 0.0400. The Balaban J connectivity index is 1.39. The van der Waals surface area contributed by atoms with Crippen molar-refractivity contribution in [2.45, 2.75) is 37.6 Å². The molecule has 1 N–H and O–H groups in total. The molecule has 1 saturated carbocycles. The van der Waals surface area contributed by atoms with Gasteiger partial charge in [-0.3, -0.25) is 9.20 Å². The molecule has 2 aromatic carbocycles. The topological polar surface area (TPSA) is 68.4 Å². The zero-order valence-corrected chi connectivity index (χ0v) is 17.2. The lowest BCUT2D eigenvalue weighted by atomic mass is 9.78. The summed E-state index contributed by atoms with van der Waals surface area (Å²) >= 11 is 0. The van der Waals surface area contributed by atoms with Crippen molar-refractivity contribution in [2.75, 3.05) is 5.32 Å². The fourth-order valence-electron chi connectivity index (χ4n) is 4.62. The van der Waals surface area contributed by atoms with Crippen LogP contribution in [0.2, 0.25) is 0 Å². The monoisotopic (exact) mass is 412 g/mol.